The van der Waals surface area contributed by atoms with Crippen LogP contribution >= 0.6 is 11.3 Å². The molecule has 11 heteroatoms. The Morgan fingerprint density at radius 1 is 1.05 bits per heavy atom. The van der Waals surface area contributed by atoms with Crippen molar-refractivity contribution in [2.24, 2.45) is 4.99 Å². The minimum atomic E-state index is -1.01. The summed E-state index contributed by atoms with van der Waals surface area (Å²) < 4.78 is 20.2. The fourth-order valence-corrected chi connectivity index (χ4v) is 6.42. The Kier molecular flexibility index (Phi) is 8.10. The monoisotopic (exact) mass is 601 g/mol. The third-order valence-corrected chi connectivity index (χ3v) is 8.33. The van der Waals surface area contributed by atoms with Gasteiger partial charge in [-0.3, -0.25) is 9.36 Å². The number of aromatic nitrogens is 2. The van der Waals surface area contributed by atoms with Crippen LogP contribution in [0.5, 0.6) is 11.5 Å². The van der Waals surface area contributed by atoms with Crippen LogP contribution in [0, 0.1) is 13.8 Å². The molecule has 0 bridgehead atoms. The Morgan fingerprint density at radius 2 is 1.79 bits per heavy atom. The molecule has 10 nitrogen and oxygen atoms in total. The van der Waals surface area contributed by atoms with Crippen molar-refractivity contribution >= 4 is 29.4 Å². The van der Waals surface area contributed by atoms with Gasteiger partial charge in [0.2, 0.25) is 0 Å². The number of ether oxygens (including phenoxy) is 3. The van der Waals surface area contributed by atoms with Gasteiger partial charge in [0.05, 0.1) is 48.2 Å². The molecule has 43 heavy (non-hydrogen) atoms. The van der Waals surface area contributed by atoms with E-state index in [1.807, 2.05) is 30.5 Å². The summed E-state index contributed by atoms with van der Waals surface area (Å²) in [7, 11) is 3.06. The van der Waals surface area contributed by atoms with E-state index in [1.54, 1.807) is 56.3 Å². The van der Waals surface area contributed by atoms with Crippen LogP contribution in [0.1, 0.15) is 52.8 Å². The van der Waals surface area contributed by atoms with E-state index in [4.69, 9.17) is 14.2 Å². The van der Waals surface area contributed by atoms with Crippen molar-refractivity contribution in [2.75, 3.05) is 20.8 Å². The molecule has 1 N–H and O–H groups in total. The van der Waals surface area contributed by atoms with Gasteiger partial charge in [-0.2, -0.15) is 0 Å². The Hall–Kier alpha value is -4.90. The fourth-order valence-electron chi connectivity index (χ4n) is 5.38. The summed E-state index contributed by atoms with van der Waals surface area (Å²) in [6.45, 7) is 7.46. The maximum absolute atomic E-state index is 14.1. The molecule has 1 aliphatic heterocycles. The number of hydrogen-bond acceptors (Lipinski definition) is 8. The predicted octanol–water partition coefficient (Wildman–Crippen LogP) is 3.92. The molecule has 0 saturated heterocycles. The number of carbonyl (C=O) groups is 2. The lowest BCUT2D eigenvalue weighted by Crippen LogP contribution is -2.40. The Bertz CT molecular complexity index is 1980. The lowest BCUT2D eigenvalue weighted by molar-refractivity contribution is -0.139. The molecule has 2 aromatic carbocycles. The van der Waals surface area contributed by atoms with Crippen molar-refractivity contribution in [3.63, 3.8) is 0 Å². The Morgan fingerprint density at radius 3 is 2.47 bits per heavy atom. The van der Waals surface area contributed by atoms with Crippen LogP contribution in [0.3, 0.4) is 0 Å². The number of rotatable bonds is 8. The number of allylic oxidation sites excluding steroid dienone is 1. The third-order valence-electron chi connectivity index (χ3n) is 7.35. The molecule has 5 rings (SSSR count). The third kappa shape index (κ3) is 5.27. The summed E-state index contributed by atoms with van der Waals surface area (Å²) in [5.41, 5.74) is 4.46. The molecule has 0 aliphatic carbocycles. The number of carbonyl (C=O) groups excluding carboxylic acids is 1. The molecule has 3 heterocycles. The van der Waals surface area contributed by atoms with E-state index in [9.17, 15) is 19.5 Å². The molecule has 1 aliphatic rings. The van der Waals surface area contributed by atoms with Gasteiger partial charge in [0.15, 0.2) is 16.3 Å². The zero-order chi connectivity index (χ0) is 31.0. The number of aryl methyl sites for hydroxylation is 1. The van der Waals surface area contributed by atoms with Gasteiger partial charge in [0.25, 0.3) is 5.56 Å². The van der Waals surface area contributed by atoms with Gasteiger partial charge in [-0.05, 0) is 81.3 Å². The molecular weight excluding hydrogens is 570 g/mol. The second-order valence-corrected chi connectivity index (χ2v) is 10.9. The summed E-state index contributed by atoms with van der Waals surface area (Å²) in [4.78, 5) is 44.0. The highest BCUT2D eigenvalue weighted by atomic mass is 32.1. The standard InChI is InChI=1S/C32H31N3O7S/c1-7-42-31(39)27-18(3)33-32-35(28(27)20-11-12-24(40-5)25(15-20)41-6)29(36)26(43-32)16-22-13-17(2)34(19(22)4)23-10-8-9-21(14-23)30(37)38/h8-16,28H,7H2,1-6H3,(H,37,38)/b26-16-/t28-/m0/s1. The number of hydrogen-bond donors (Lipinski definition) is 1. The molecule has 0 radical (unpaired) electrons. The van der Waals surface area contributed by atoms with Gasteiger partial charge < -0.3 is 23.9 Å². The van der Waals surface area contributed by atoms with Crippen molar-refractivity contribution < 1.29 is 28.9 Å². The van der Waals surface area contributed by atoms with Crippen LogP contribution in [-0.4, -0.2) is 47.0 Å². The highest BCUT2D eigenvalue weighted by Gasteiger charge is 2.34. The largest absolute Gasteiger partial charge is 0.493 e. The number of carboxylic acid groups (broad SMARTS) is 1. The first-order valence-corrected chi connectivity index (χ1v) is 14.4. The van der Waals surface area contributed by atoms with Crippen LogP contribution in [0.15, 0.2) is 69.6 Å². The first-order chi connectivity index (χ1) is 20.6. The predicted molar refractivity (Wildman–Crippen MR) is 162 cm³/mol. The molecule has 0 fully saturated rings. The number of aromatic carboxylic acids is 1. The zero-order valence-electron chi connectivity index (χ0n) is 24.6. The molecule has 0 amide bonds. The van der Waals surface area contributed by atoms with Gasteiger partial charge in [0, 0.05) is 17.1 Å². The highest BCUT2D eigenvalue weighted by molar-refractivity contribution is 7.07. The van der Waals surface area contributed by atoms with Gasteiger partial charge in [-0.15, -0.1) is 0 Å². The van der Waals surface area contributed by atoms with Crippen LogP contribution in [-0.2, 0) is 9.53 Å². The topological polar surface area (TPSA) is 121 Å². The summed E-state index contributed by atoms with van der Waals surface area (Å²) in [5, 5.41) is 9.46. The number of fused-ring (bicyclic) bond motifs is 1. The molecule has 0 spiro atoms. The summed E-state index contributed by atoms with van der Waals surface area (Å²) in [5.74, 6) is -0.585. The number of esters is 1. The van der Waals surface area contributed by atoms with Gasteiger partial charge in [0.1, 0.15) is 0 Å². The second-order valence-electron chi connectivity index (χ2n) is 9.93. The number of thiazole rings is 1. The van der Waals surface area contributed by atoms with E-state index in [-0.39, 0.29) is 23.3 Å². The van der Waals surface area contributed by atoms with E-state index >= 15 is 0 Å². The van der Waals surface area contributed by atoms with E-state index in [2.05, 4.69) is 4.99 Å². The highest BCUT2D eigenvalue weighted by Crippen LogP contribution is 2.36. The quantitative estimate of drug-likeness (QED) is 0.304. The fraction of sp³-hybridized carbons (Fsp3) is 0.250. The molecule has 0 saturated carbocycles. The van der Waals surface area contributed by atoms with Crippen molar-refractivity contribution in [2.45, 2.75) is 33.7 Å². The Balaban J connectivity index is 1.69. The smallest absolute Gasteiger partial charge is 0.338 e. The number of benzene rings is 2. The number of nitrogens with zero attached hydrogens (tertiary/aromatic N) is 3. The average Bonchev–Trinajstić information content (AvgIpc) is 3.45. The van der Waals surface area contributed by atoms with E-state index in [0.29, 0.717) is 37.8 Å². The average molecular weight is 602 g/mol. The zero-order valence-corrected chi connectivity index (χ0v) is 25.4. The van der Waals surface area contributed by atoms with Crippen LogP contribution in [0.2, 0.25) is 0 Å². The SMILES string of the molecule is CCOC(=O)C1=C(C)N=c2s/c(=C\c3cc(C)n(-c4cccc(C(=O)O)c4)c3C)c(=O)n2[C@H]1c1ccc(OC)c(OC)c1. The first-order valence-electron chi connectivity index (χ1n) is 13.5. The van der Waals surface area contributed by atoms with Crippen LogP contribution in [0.4, 0.5) is 0 Å². The minimum absolute atomic E-state index is 0.170. The summed E-state index contributed by atoms with van der Waals surface area (Å²) in [6.07, 6.45) is 1.80. The molecule has 222 valence electrons. The van der Waals surface area contributed by atoms with Crippen LogP contribution in [0.25, 0.3) is 11.8 Å². The second kappa shape index (κ2) is 11.8. The van der Waals surface area contributed by atoms with E-state index in [0.717, 1.165) is 17.0 Å². The van der Waals surface area contributed by atoms with E-state index < -0.39 is 18.0 Å². The lowest BCUT2D eigenvalue weighted by atomic mass is 9.95. The van der Waals surface area contributed by atoms with Crippen LogP contribution < -0.4 is 24.4 Å². The van der Waals surface area contributed by atoms with Crippen molar-refractivity contribution in [3.8, 4) is 17.2 Å². The maximum Gasteiger partial charge on any atom is 0.338 e. The Labute approximate surface area is 251 Å². The maximum atomic E-state index is 14.1. The lowest BCUT2D eigenvalue weighted by Gasteiger charge is -2.25. The first kappa shape index (κ1) is 29.6. The summed E-state index contributed by atoms with van der Waals surface area (Å²) in [6, 6.07) is 13.1. The normalized spacial score (nSPS) is 14.7. The summed E-state index contributed by atoms with van der Waals surface area (Å²) >= 11 is 1.23. The van der Waals surface area contributed by atoms with Gasteiger partial charge in [-0.25, -0.2) is 14.6 Å². The van der Waals surface area contributed by atoms with Gasteiger partial charge in [-0.1, -0.05) is 23.5 Å². The molecule has 4 aromatic rings. The van der Waals surface area contributed by atoms with Crippen molar-refractivity contribution in [3.05, 3.63) is 108 Å². The molecule has 0 unspecified atom stereocenters. The van der Waals surface area contributed by atoms with Gasteiger partial charge >= 0.3 is 11.9 Å². The number of methoxy groups -OCH3 is 2. The number of carboxylic acids is 1. The minimum Gasteiger partial charge on any atom is -0.493 e. The molecule has 2 aromatic heterocycles. The molecular formula is C32H31N3O7S. The van der Waals surface area contributed by atoms with Crippen molar-refractivity contribution in [1.29, 1.82) is 0 Å². The molecule has 1 atom stereocenters. The van der Waals surface area contributed by atoms with E-state index in [1.165, 1.54) is 30.1 Å². The van der Waals surface area contributed by atoms with Crippen molar-refractivity contribution in [1.82, 2.24) is 9.13 Å².